The van der Waals surface area contributed by atoms with Gasteiger partial charge in [0.05, 0.1) is 6.07 Å². The van der Waals surface area contributed by atoms with Crippen LogP contribution in [0.4, 0.5) is 0 Å². The van der Waals surface area contributed by atoms with E-state index in [0.29, 0.717) is 6.42 Å². The smallest absolute Gasteiger partial charge is 0.0621 e. The summed E-state index contributed by atoms with van der Waals surface area (Å²) in [5.41, 5.74) is 5.37. The number of nitriles is 1. The molecule has 0 aliphatic heterocycles. The SMILES string of the molecule is CN(CCN)CCCCC#N. The first-order valence-electron chi connectivity index (χ1n) is 4.07. The summed E-state index contributed by atoms with van der Waals surface area (Å²) in [6, 6.07) is 2.13. The van der Waals surface area contributed by atoms with Gasteiger partial charge in [0, 0.05) is 19.5 Å². The molecular formula is C8H17N3. The molecule has 0 saturated carbocycles. The van der Waals surface area contributed by atoms with E-state index < -0.39 is 0 Å². The van der Waals surface area contributed by atoms with Crippen LogP contribution in [-0.4, -0.2) is 31.6 Å². The summed E-state index contributed by atoms with van der Waals surface area (Å²) in [6.45, 7) is 2.72. The van der Waals surface area contributed by atoms with E-state index in [1.54, 1.807) is 0 Å². The van der Waals surface area contributed by atoms with Gasteiger partial charge in [-0.15, -0.1) is 0 Å². The maximum atomic E-state index is 8.25. The zero-order chi connectivity index (χ0) is 8.53. The zero-order valence-corrected chi connectivity index (χ0v) is 7.21. The predicted molar refractivity (Wildman–Crippen MR) is 46.0 cm³/mol. The first-order chi connectivity index (χ1) is 5.31. The van der Waals surface area contributed by atoms with Crippen LogP contribution in [0.5, 0.6) is 0 Å². The Kier molecular flexibility index (Phi) is 7.11. The molecule has 11 heavy (non-hydrogen) atoms. The predicted octanol–water partition coefficient (Wildman–Crippen LogP) is 0.571. The molecule has 0 rings (SSSR count). The minimum atomic E-state index is 0.677. The Morgan fingerprint density at radius 2 is 2.09 bits per heavy atom. The van der Waals surface area contributed by atoms with E-state index in [0.717, 1.165) is 32.5 Å². The zero-order valence-electron chi connectivity index (χ0n) is 7.21. The molecule has 0 aromatic carbocycles. The first kappa shape index (κ1) is 10.4. The van der Waals surface area contributed by atoms with Crippen molar-refractivity contribution in [1.82, 2.24) is 4.90 Å². The van der Waals surface area contributed by atoms with Gasteiger partial charge in [0.25, 0.3) is 0 Å². The van der Waals surface area contributed by atoms with Crippen LogP contribution in [-0.2, 0) is 0 Å². The second-order valence-electron chi connectivity index (χ2n) is 2.71. The third-order valence-electron chi connectivity index (χ3n) is 1.59. The second-order valence-corrected chi connectivity index (χ2v) is 2.71. The van der Waals surface area contributed by atoms with Crippen molar-refractivity contribution in [1.29, 1.82) is 5.26 Å². The number of hydrogen-bond acceptors (Lipinski definition) is 3. The van der Waals surface area contributed by atoms with Crippen LogP contribution in [0.1, 0.15) is 19.3 Å². The van der Waals surface area contributed by atoms with E-state index in [-0.39, 0.29) is 0 Å². The first-order valence-corrected chi connectivity index (χ1v) is 4.07. The van der Waals surface area contributed by atoms with Gasteiger partial charge in [-0.1, -0.05) is 0 Å². The summed E-state index contributed by atoms with van der Waals surface area (Å²) in [7, 11) is 2.05. The largest absolute Gasteiger partial charge is 0.329 e. The molecule has 0 saturated heterocycles. The summed E-state index contributed by atoms with van der Waals surface area (Å²) >= 11 is 0. The van der Waals surface area contributed by atoms with Crippen molar-refractivity contribution in [3.63, 3.8) is 0 Å². The molecule has 0 amide bonds. The van der Waals surface area contributed by atoms with Crippen molar-refractivity contribution in [2.24, 2.45) is 5.73 Å². The Balaban J connectivity index is 3.05. The molecule has 0 atom stereocenters. The fraction of sp³-hybridized carbons (Fsp3) is 0.875. The molecule has 0 bridgehead atoms. The highest BCUT2D eigenvalue weighted by atomic mass is 15.1. The number of nitrogens with zero attached hydrogens (tertiary/aromatic N) is 2. The number of hydrogen-bond donors (Lipinski definition) is 1. The molecule has 0 heterocycles. The summed E-state index contributed by atoms with van der Waals surface area (Å²) in [6.07, 6.45) is 2.78. The van der Waals surface area contributed by atoms with E-state index >= 15 is 0 Å². The van der Waals surface area contributed by atoms with Crippen LogP contribution >= 0.6 is 0 Å². The summed E-state index contributed by atoms with van der Waals surface area (Å²) in [5.74, 6) is 0. The van der Waals surface area contributed by atoms with Crippen LogP contribution in [0, 0.1) is 11.3 Å². The molecule has 3 heteroatoms. The van der Waals surface area contributed by atoms with Gasteiger partial charge in [-0.05, 0) is 26.4 Å². The molecule has 0 aromatic rings. The van der Waals surface area contributed by atoms with Crippen LogP contribution in [0.15, 0.2) is 0 Å². The third-order valence-corrected chi connectivity index (χ3v) is 1.59. The minimum absolute atomic E-state index is 0.677. The topological polar surface area (TPSA) is 53.0 Å². The molecule has 0 fully saturated rings. The van der Waals surface area contributed by atoms with Crippen molar-refractivity contribution in [2.45, 2.75) is 19.3 Å². The highest BCUT2D eigenvalue weighted by molar-refractivity contribution is 4.68. The van der Waals surface area contributed by atoms with E-state index in [9.17, 15) is 0 Å². The summed E-state index contributed by atoms with van der Waals surface area (Å²) < 4.78 is 0. The normalized spacial score (nSPS) is 10.0. The van der Waals surface area contributed by atoms with Crippen molar-refractivity contribution >= 4 is 0 Å². The highest BCUT2D eigenvalue weighted by Crippen LogP contribution is 1.95. The fourth-order valence-corrected chi connectivity index (χ4v) is 0.918. The lowest BCUT2D eigenvalue weighted by atomic mass is 10.2. The van der Waals surface area contributed by atoms with Crippen LogP contribution in [0.2, 0.25) is 0 Å². The van der Waals surface area contributed by atoms with E-state index in [4.69, 9.17) is 11.0 Å². The van der Waals surface area contributed by atoms with Crippen molar-refractivity contribution in [2.75, 3.05) is 26.7 Å². The Morgan fingerprint density at radius 3 is 2.64 bits per heavy atom. The summed E-state index contributed by atoms with van der Waals surface area (Å²) in [5, 5.41) is 8.25. The van der Waals surface area contributed by atoms with Gasteiger partial charge >= 0.3 is 0 Å². The van der Waals surface area contributed by atoms with Gasteiger partial charge < -0.3 is 10.6 Å². The number of rotatable bonds is 6. The molecule has 64 valence electrons. The Labute approximate surface area is 68.8 Å². The van der Waals surface area contributed by atoms with Crippen LogP contribution < -0.4 is 5.73 Å². The number of unbranched alkanes of at least 4 members (excludes halogenated alkanes) is 2. The highest BCUT2D eigenvalue weighted by Gasteiger charge is 1.94. The lowest BCUT2D eigenvalue weighted by Crippen LogP contribution is -2.26. The van der Waals surface area contributed by atoms with E-state index in [2.05, 4.69) is 18.0 Å². The standard InChI is InChI=1S/C8H17N3/c1-11(8-6-10)7-4-2-3-5-9/h2-4,6-8,10H2,1H3. The molecule has 0 unspecified atom stereocenters. The van der Waals surface area contributed by atoms with Crippen LogP contribution in [0.3, 0.4) is 0 Å². The Hall–Kier alpha value is -0.590. The molecule has 2 N–H and O–H groups in total. The van der Waals surface area contributed by atoms with Gasteiger partial charge in [-0.2, -0.15) is 5.26 Å². The van der Waals surface area contributed by atoms with E-state index in [1.807, 2.05) is 0 Å². The lowest BCUT2D eigenvalue weighted by Gasteiger charge is -2.13. The Bertz CT molecular complexity index is 117. The van der Waals surface area contributed by atoms with Crippen molar-refractivity contribution < 1.29 is 0 Å². The molecular weight excluding hydrogens is 138 g/mol. The van der Waals surface area contributed by atoms with Crippen molar-refractivity contribution in [3.05, 3.63) is 0 Å². The molecule has 0 radical (unpaired) electrons. The number of likely N-dealkylation sites (N-methyl/N-ethyl adjacent to an activating group) is 1. The fourth-order valence-electron chi connectivity index (χ4n) is 0.918. The van der Waals surface area contributed by atoms with Gasteiger partial charge in [-0.25, -0.2) is 0 Å². The molecule has 0 aromatic heterocycles. The third kappa shape index (κ3) is 7.31. The maximum Gasteiger partial charge on any atom is 0.0621 e. The molecule has 0 aliphatic rings. The van der Waals surface area contributed by atoms with Crippen LogP contribution in [0.25, 0.3) is 0 Å². The van der Waals surface area contributed by atoms with Gasteiger partial charge in [-0.3, -0.25) is 0 Å². The molecule has 0 aliphatic carbocycles. The van der Waals surface area contributed by atoms with Gasteiger partial charge in [0.15, 0.2) is 0 Å². The minimum Gasteiger partial charge on any atom is -0.329 e. The van der Waals surface area contributed by atoms with E-state index in [1.165, 1.54) is 0 Å². The average molecular weight is 155 g/mol. The van der Waals surface area contributed by atoms with Gasteiger partial charge in [0.2, 0.25) is 0 Å². The summed E-state index contributed by atoms with van der Waals surface area (Å²) in [4.78, 5) is 2.19. The maximum absolute atomic E-state index is 8.25. The van der Waals surface area contributed by atoms with Crippen molar-refractivity contribution in [3.8, 4) is 6.07 Å². The monoisotopic (exact) mass is 155 g/mol. The molecule has 0 spiro atoms. The molecule has 3 nitrogen and oxygen atoms in total. The van der Waals surface area contributed by atoms with Gasteiger partial charge in [0.1, 0.15) is 0 Å². The average Bonchev–Trinajstić information content (AvgIpc) is 1.99. The lowest BCUT2D eigenvalue weighted by molar-refractivity contribution is 0.335. The quantitative estimate of drug-likeness (QED) is 0.570. The second kappa shape index (κ2) is 7.52. The number of nitrogens with two attached hydrogens (primary N) is 1. The Morgan fingerprint density at radius 1 is 1.36 bits per heavy atom.